The van der Waals surface area contributed by atoms with E-state index in [2.05, 4.69) is 10.3 Å². The first-order chi connectivity index (χ1) is 9.97. The number of para-hydroxylation sites is 1. The van der Waals surface area contributed by atoms with E-state index in [0.29, 0.717) is 0 Å². The van der Waals surface area contributed by atoms with Crippen LogP contribution in [0.3, 0.4) is 0 Å². The molecule has 1 heterocycles. The Kier molecular flexibility index (Phi) is 4.80. The van der Waals surface area contributed by atoms with Crippen molar-refractivity contribution in [2.24, 2.45) is 0 Å². The number of aryl methyl sites for hydroxylation is 1. The Labute approximate surface area is 126 Å². The Morgan fingerprint density at radius 2 is 2.10 bits per heavy atom. The van der Waals surface area contributed by atoms with Crippen LogP contribution in [0, 0.1) is 6.92 Å². The number of carboxylic acids is 1. The van der Waals surface area contributed by atoms with E-state index in [4.69, 9.17) is 0 Å². The summed E-state index contributed by atoms with van der Waals surface area (Å²) in [7, 11) is 0. The molecule has 5 nitrogen and oxygen atoms in total. The third kappa shape index (κ3) is 3.95. The number of thioether (sulfide) groups is 1. The molecule has 21 heavy (non-hydrogen) atoms. The molecule has 6 heteroatoms. The van der Waals surface area contributed by atoms with Gasteiger partial charge < -0.3 is 15.2 Å². The highest BCUT2D eigenvalue weighted by Crippen LogP contribution is 2.28. The van der Waals surface area contributed by atoms with Crippen LogP contribution in [-0.2, 0) is 9.59 Å². The second kappa shape index (κ2) is 6.58. The smallest absolute Gasteiger partial charge is 0.217 e. The normalized spacial score (nSPS) is 12.1. The van der Waals surface area contributed by atoms with Crippen LogP contribution in [0.4, 0.5) is 0 Å². The predicted molar refractivity (Wildman–Crippen MR) is 79.8 cm³/mol. The number of pyridine rings is 1. The van der Waals surface area contributed by atoms with Crippen molar-refractivity contribution < 1.29 is 14.7 Å². The summed E-state index contributed by atoms with van der Waals surface area (Å²) in [5, 5.41) is 14.4. The van der Waals surface area contributed by atoms with Crippen molar-refractivity contribution in [1.82, 2.24) is 10.3 Å². The van der Waals surface area contributed by atoms with E-state index in [9.17, 15) is 14.7 Å². The van der Waals surface area contributed by atoms with Crippen molar-refractivity contribution in [2.75, 3.05) is 5.75 Å². The van der Waals surface area contributed by atoms with Crippen LogP contribution in [0.1, 0.15) is 12.6 Å². The van der Waals surface area contributed by atoms with Gasteiger partial charge >= 0.3 is 0 Å². The summed E-state index contributed by atoms with van der Waals surface area (Å²) in [4.78, 5) is 27.4. The minimum absolute atomic E-state index is 0.204. The predicted octanol–water partition coefficient (Wildman–Crippen LogP) is 0.890. The molecular formula is C15H15N2O3S-. The molecule has 0 saturated heterocycles. The van der Waals surface area contributed by atoms with E-state index in [1.807, 2.05) is 37.3 Å². The number of carbonyl (C=O) groups excluding carboxylic acids is 2. The summed E-state index contributed by atoms with van der Waals surface area (Å²) < 4.78 is 0. The second-order valence-corrected chi connectivity index (χ2v) is 5.72. The molecule has 0 aliphatic rings. The highest BCUT2D eigenvalue weighted by atomic mass is 32.2. The Bertz CT molecular complexity index is 688. The molecule has 0 spiro atoms. The molecule has 0 aliphatic heterocycles. The number of nitrogens with zero attached hydrogens (tertiary/aromatic N) is 1. The third-order valence-electron chi connectivity index (χ3n) is 2.87. The van der Waals surface area contributed by atoms with Gasteiger partial charge in [0.15, 0.2) is 0 Å². The van der Waals surface area contributed by atoms with E-state index >= 15 is 0 Å². The molecular weight excluding hydrogens is 288 g/mol. The molecule has 1 amide bonds. The molecule has 0 aliphatic carbocycles. The molecule has 0 saturated carbocycles. The summed E-state index contributed by atoms with van der Waals surface area (Å²) in [5.74, 6) is -1.47. The maximum Gasteiger partial charge on any atom is 0.217 e. The molecule has 1 N–H and O–H groups in total. The number of aliphatic carboxylic acids is 1. The molecule has 1 aromatic carbocycles. The first-order valence-electron chi connectivity index (χ1n) is 6.44. The second-order valence-electron chi connectivity index (χ2n) is 4.66. The van der Waals surface area contributed by atoms with Gasteiger partial charge in [0.05, 0.1) is 17.5 Å². The number of nitrogens with one attached hydrogen (secondary N) is 1. The monoisotopic (exact) mass is 303 g/mol. The Hall–Kier alpha value is -2.08. The number of rotatable bonds is 5. The number of hydrogen-bond donors (Lipinski definition) is 1. The zero-order valence-corrected chi connectivity index (χ0v) is 12.6. The van der Waals surface area contributed by atoms with Crippen LogP contribution in [0.5, 0.6) is 0 Å². The van der Waals surface area contributed by atoms with Crippen LogP contribution >= 0.6 is 11.8 Å². The number of fused-ring (bicyclic) bond motifs is 1. The van der Waals surface area contributed by atoms with Crippen LogP contribution < -0.4 is 10.4 Å². The van der Waals surface area contributed by atoms with Crippen LogP contribution in [-0.4, -0.2) is 28.7 Å². The van der Waals surface area contributed by atoms with Gasteiger partial charge in [0.25, 0.3) is 0 Å². The van der Waals surface area contributed by atoms with Crippen molar-refractivity contribution >= 4 is 34.5 Å². The number of carbonyl (C=O) groups is 2. The first-order valence-corrected chi connectivity index (χ1v) is 7.43. The highest BCUT2D eigenvalue weighted by molar-refractivity contribution is 7.99. The zero-order chi connectivity index (χ0) is 15.4. The van der Waals surface area contributed by atoms with Gasteiger partial charge in [-0.25, -0.2) is 0 Å². The highest BCUT2D eigenvalue weighted by Gasteiger charge is 2.13. The van der Waals surface area contributed by atoms with Gasteiger partial charge in [0.2, 0.25) is 5.91 Å². The summed E-state index contributed by atoms with van der Waals surface area (Å²) >= 11 is 1.37. The minimum atomic E-state index is -1.28. The van der Waals surface area contributed by atoms with Crippen LogP contribution in [0.25, 0.3) is 10.9 Å². The van der Waals surface area contributed by atoms with Crippen molar-refractivity contribution in [3.05, 3.63) is 36.0 Å². The lowest BCUT2D eigenvalue weighted by Gasteiger charge is -2.18. The first kappa shape index (κ1) is 15.3. The standard InChI is InChI=1S/C15H16N2O3S/c1-9-7-14(11-5-3-4-6-12(11)16-9)21-8-13(15(19)20)17-10(2)18/h3-7,13H,8H2,1-2H3,(H,17,18)(H,19,20)/p-1/t13-/m1/s1. The Balaban J connectivity index is 2.23. The topological polar surface area (TPSA) is 82.1 Å². The van der Waals surface area contributed by atoms with Crippen LogP contribution in [0.2, 0.25) is 0 Å². The van der Waals surface area contributed by atoms with Gasteiger partial charge in [0, 0.05) is 28.7 Å². The Morgan fingerprint density at radius 1 is 1.38 bits per heavy atom. The fourth-order valence-electron chi connectivity index (χ4n) is 1.98. The van der Waals surface area contributed by atoms with Gasteiger partial charge in [-0.2, -0.15) is 0 Å². The van der Waals surface area contributed by atoms with E-state index < -0.39 is 12.0 Å². The molecule has 2 aromatic rings. The average molecular weight is 303 g/mol. The van der Waals surface area contributed by atoms with Crippen molar-refractivity contribution in [1.29, 1.82) is 0 Å². The van der Waals surface area contributed by atoms with Gasteiger partial charge in [0.1, 0.15) is 0 Å². The molecule has 1 aromatic heterocycles. The van der Waals surface area contributed by atoms with Crippen molar-refractivity contribution in [3.8, 4) is 0 Å². The van der Waals surface area contributed by atoms with E-state index in [-0.39, 0.29) is 11.7 Å². The largest absolute Gasteiger partial charge is 0.548 e. The Morgan fingerprint density at radius 3 is 2.76 bits per heavy atom. The molecule has 0 fully saturated rings. The van der Waals surface area contributed by atoms with Gasteiger partial charge in [-0.3, -0.25) is 9.78 Å². The van der Waals surface area contributed by atoms with Gasteiger partial charge in [-0.05, 0) is 19.1 Å². The number of aromatic nitrogens is 1. The van der Waals surface area contributed by atoms with Crippen molar-refractivity contribution in [3.63, 3.8) is 0 Å². The fraction of sp³-hybridized carbons (Fsp3) is 0.267. The van der Waals surface area contributed by atoms with E-state index in [1.165, 1.54) is 18.7 Å². The molecule has 0 radical (unpaired) electrons. The SMILES string of the molecule is CC(=O)N[C@H](CSc1cc(C)nc2ccccc12)C(=O)[O-]. The number of carboxylic acid groups (broad SMARTS) is 1. The van der Waals surface area contributed by atoms with Crippen molar-refractivity contribution in [2.45, 2.75) is 24.8 Å². The van der Waals surface area contributed by atoms with E-state index in [1.54, 1.807) is 0 Å². The van der Waals surface area contributed by atoms with E-state index in [0.717, 1.165) is 21.5 Å². The number of amides is 1. The summed E-state index contributed by atoms with van der Waals surface area (Å²) in [6.07, 6.45) is 0. The third-order valence-corrected chi connectivity index (χ3v) is 4.02. The zero-order valence-electron chi connectivity index (χ0n) is 11.8. The fourth-order valence-corrected chi connectivity index (χ4v) is 3.12. The molecule has 0 bridgehead atoms. The number of hydrogen-bond acceptors (Lipinski definition) is 5. The van der Waals surface area contributed by atoms with Gasteiger partial charge in [-0.15, -0.1) is 11.8 Å². The summed E-state index contributed by atoms with van der Waals surface area (Å²) in [6.45, 7) is 3.17. The average Bonchev–Trinajstić information content (AvgIpc) is 2.42. The number of benzene rings is 1. The molecule has 1 atom stereocenters. The lowest BCUT2D eigenvalue weighted by Crippen LogP contribution is -2.48. The van der Waals surface area contributed by atoms with Gasteiger partial charge in [-0.1, -0.05) is 18.2 Å². The maximum atomic E-state index is 11.0. The molecule has 110 valence electrons. The maximum absolute atomic E-state index is 11.0. The quantitative estimate of drug-likeness (QED) is 0.830. The summed E-state index contributed by atoms with van der Waals surface area (Å²) in [5.41, 5.74) is 1.73. The summed E-state index contributed by atoms with van der Waals surface area (Å²) in [6, 6.07) is 8.57. The van der Waals surface area contributed by atoms with Crippen LogP contribution in [0.15, 0.2) is 35.2 Å². The lowest BCUT2D eigenvalue weighted by atomic mass is 10.2. The molecule has 2 rings (SSSR count). The minimum Gasteiger partial charge on any atom is -0.548 e. The molecule has 0 unspecified atom stereocenters. The lowest BCUT2D eigenvalue weighted by molar-refractivity contribution is -0.307.